The van der Waals surface area contributed by atoms with Crippen molar-refractivity contribution in [1.82, 2.24) is 15.4 Å². The van der Waals surface area contributed by atoms with Gasteiger partial charge in [-0.2, -0.15) is 0 Å². The summed E-state index contributed by atoms with van der Waals surface area (Å²) >= 11 is 0. The maximum Gasteiger partial charge on any atom is 0.267 e. The van der Waals surface area contributed by atoms with Crippen molar-refractivity contribution in [3.8, 4) is 0 Å². The highest BCUT2D eigenvalue weighted by Gasteiger charge is 2.25. The van der Waals surface area contributed by atoms with Gasteiger partial charge in [0, 0.05) is 43.5 Å². The largest absolute Gasteiger partial charge is 0.364 e. The van der Waals surface area contributed by atoms with Gasteiger partial charge >= 0.3 is 0 Å². The summed E-state index contributed by atoms with van der Waals surface area (Å²) in [5.41, 5.74) is 1.81. The second kappa shape index (κ2) is 8.85. The van der Waals surface area contributed by atoms with Crippen molar-refractivity contribution in [2.75, 3.05) is 18.4 Å². The van der Waals surface area contributed by atoms with E-state index in [-0.39, 0.29) is 24.0 Å². The summed E-state index contributed by atoms with van der Waals surface area (Å²) in [7, 11) is 0. The lowest BCUT2D eigenvalue weighted by molar-refractivity contribution is -0.124. The molecule has 1 aromatic heterocycles. The molecule has 1 amide bonds. The number of benzene rings is 1. The quantitative estimate of drug-likeness (QED) is 0.400. The third kappa shape index (κ3) is 4.87. The van der Waals surface area contributed by atoms with Crippen LogP contribution >= 0.6 is 0 Å². The Morgan fingerprint density at radius 1 is 1.29 bits per heavy atom. The van der Waals surface area contributed by atoms with Crippen molar-refractivity contribution in [3.63, 3.8) is 0 Å². The molecular formula is C19H19F3N4O2. The first-order chi connectivity index (χ1) is 13.5. The molecular weight excluding hydrogens is 373 g/mol. The van der Waals surface area contributed by atoms with Gasteiger partial charge in [0.15, 0.2) is 11.6 Å². The van der Waals surface area contributed by atoms with Crippen LogP contribution in [-0.4, -0.2) is 40.1 Å². The molecule has 1 fully saturated rings. The molecule has 6 nitrogen and oxygen atoms in total. The number of pyridine rings is 1. The Bertz CT molecular complexity index is 871. The number of hydroxylamine groups is 1. The molecule has 0 aliphatic carbocycles. The second-order valence-corrected chi connectivity index (χ2v) is 6.47. The molecule has 148 valence electrons. The van der Waals surface area contributed by atoms with E-state index in [1.54, 1.807) is 0 Å². The third-order valence-corrected chi connectivity index (χ3v) is 4.46. The van der Waals surface area contributed by atoms with Gasteiger partial charge in [-0.1, -0.05) is 6.07 Å². The molecule has 0 unspecified atom stereocenters. The first-order valence-corrected chi connectivity index (χ1v) is 8.65. The lowest BCUT2D eigenvalue weighted by atomic mass is 10.2. The van der Waals surface area contributed by atoms with Crippen LogP contribution in [0.25, 0.3) is 6.08 Å². The molecule has 1 aliphatic heterocycles. The number of hydrogen-bond donors (Lipinski definition) is 3. The molecule has 1 aliphatic rings. The fourth-order valence-corrected chi connectivity index (χ4v) is 3.05. The van der Waals surface area contributed by atoms with Crippen LogP contribution in [0.3, 0.4) is 0 Å². The zero-order valence-electron chi connectivity index (χ0n) is 14.8. The van der Waals surface area contributed by atoms with E-state index >= 15 is 0 Å². The van der Waals surface area contributed by atoms with E-state index in [1.807, 2.05) is 4.90 Å². The Morgan fingerprint density at radius 2 is 2.04 bits per heavy atom. The molecule has 0 radical (unpaired) electrons. The first-order valence-electron chi connectivity index (χ1n) is 8.65. The molecule has 0 saturated carbocycles. The Kier molecular flexibility index (Phi) is 6.27. The fraction of sp³-hybridized carbons (Fsp3) is 0.263. The average molecular weight is 392 g/mol. The molecule has 0 spiro atoms. The molecule has 3 N–H and O–H groups in total. The zero-order chi connectivity index (χ0) is 20.1. The summed E-state index contributed by atoms with van der Waals surface area (Å²) in [4.78, 5) is 16.8. The molecule has 9 heteroatoms. The Balaban J connectivity index is 1.59. The van der Waals surface area contributed by atoms with E-state index in [0.29, 0.717) is 25.1 Å². The number of carbonyl (C=O) groups is 1. The van der Waals surface area contributed by atoms with Crippen molar-refractivity contribution in [2.45, 2.75) is 19.0 Å². The van der Waals surface area contributed by atoms with E-state index < -0.39 is 23.4 Å². The van der Waals surface area contributed by atoms with Gasteiger partial charge in [0.2, 0.25) is 0 Å². The number of carbonyl (C=O) groups excluding carboxylic acids is 1. The standard InChI is InChI=1S/C19H19F3N4O2/c20-15-2-1-3-16(21)14(15)11-26-7-6-13(10-26)24-19-17(22)8-12(9-23-19)4-5-18(27)25-28/h1-5,8-9,13,28H,6-7,10-11H2,(H,23,24)(H,25,27)/t13-/m1/s1. The van der Waals surface area contributed by atoms with Gasteiger partial charge in [-0.25, -0.2) is 23.6 Å². The van der Waals surface area contributed by atoms with Gasteiger partial charge in [-0.3, -0.25) is 14.9 Å². The van der Waals surface area contributed by atoms with Crippen molar-refractivity contribution in [1.29, 1.82) is 0 Å². The number of hydrogen-bond acceptors (Lipinski definition) is 5. The highest BCUT2D eigenvalue weighted by atomic mass is 19.1. The highest BCUT2D eigenvalue weighted by Crippen LogP contribution is 2.21. The van der Waals surface area contributed by atoms with Gasteiger partial charge in [-0.05, 0) is 36.3 Å². The second-order valence-electron chi connectivity index (χ2n) is 6.47. The van der Waals surface area contributed by atoms with Crippen molar-refractivity contribution in [2.24, 2.45) is 0 Å². The Labute approximate surface area is 159 Å². The number of amides is 1. The zero-order valence-corrected chi connectivity index (χ0v) is 14.8. The van der Waals surface area contributed by atoms with Gasteiger partial charge in [0.25, 0.3) is 5.91 Å². The molecule has 2 aromatic rings. The Hall–Kier alpha value is -2.91. The van der Waals surface area contributed by atoms with Crippen LogP contribution in [0, 0.1) is 17.5 Å². The number of nitrogens with zero attached hydrogens (tertiary/aromatic N) is 2. The minimum absolute atomic E-state index is 0.0236. The predicted octanol–water partition coefficient (Wildman–Crippen LogP) is 2.70. The van der Waals surface area contributed by atoms with Crippen molar-refractivity contribution < 1.29 is 23.2 Å². The number of aromatic nitrogens is 1. The smallest absolute Gasteiger partial charge is 0.267 e. The molecule has 0 bridgehead atoms. The number of anilines is 1. The number of rotatable bonds is 6. The number of likely N-dealkylation sites (tertiary alicyclic amines) is 1. The molecule has 28 heavy (non-hydrogen) atoms. The lowest BCUT2D eigenvalue weighted by Gasteiger charge is -2.18. The van der Waals surface area contributed by atoms with E-state index in [2.05, 4.69) is 10.3 Å². The Morgan fingerprint density at radius 3 is 2.71 bits per heavy atom. The summed E-state index contributed by atoms with van der Waals surface area (Å²) in [5.74, 6) is -2.43. The monoisotopic (exact) mass is 392 g/mol. The van der Waals surface area contributed by atoms with Gasteiger partial charge < -0.3 is 5.32 Å². The number of halogens is 3. The van der Waals surface area contributed by atoms with E-state index in [4.69, 9.17) is 5.21 Å². The topological polar surface area (TPSA) is 77.5 Å². The van der Waals surface area contributed by atoms with Crippen molar-refractivity contribution >= 4 is 17.8 Å². The van der Waals surface area contributed by atoms with Crippen LogP contribution in [0.15, 0.2) is 36.5 Å². The maximum absolute atomic E-state index is 14.2. The van der Waals surface area contributed by atoms with E-state index in [0.717, 1.165) is 6.08 Å². The van der Waals surface area contributed by atoms with Crippen molar-refractivity contribution in [3.05, 3.63) is 65.1 Å². The first kappa shape index (κ1) is 19.8. The van der Waals surface area contributed by atoms with Crippen LogP contribution in [0.4, 0.5) is 19.0 Å². The minimum atomic E-state index is -0.736. The number of nitrogens with one attached hydrogen (secondary N) is 2. The lowest BCUT2D eigenvalue weighted by Crippen LogP contribution is -2.27. The summed E-state index contributed by atoms with van der Waals surface area (Å²) in [6, 6.07) is 4.87. The minimum Gasteiger partial charge on any atom is -0.364 e. The van der Waals surface area contributed by atoms with Gasteiger partial charge in [0.1, 0.15) is 11.6 Å². The SMILES string of the molecule is O=C(C=Cc1cnc(N[C@@H]2CCN(Cc3c(F)cccc3F)C2)c(F)c1)NO. The van der Waals surface area contributed by atoms with Crippen LogP contribution in [-0.2, 0) is 11.3 Å². The molecule has 3 rings (SSSR count). The van der Waals surface area contributed by atoms with Crippen LogP contribution in [0.5, 0.6) is 0 Å². The molecule has 1 atom stereocenters. The maximum atomic E-state index is 14.2. The van der Waals surface area contributed by atoms with Crippen LogP contribution < -0.4 is 10.8 Å². The molecule has 1 aromatic carbocycles. The van der Waals surface area contributed by atoms with Crippen LogP contribution in [0.2, 0.25) is 0 Å². The highest BCUT2D eigenvalue weighted by molar-refractivity contribution is 5.90. The van der Waals surface area contributed by atoms with E-state index in [9.17, 15) is 18.0 Å². The van der Waals surface area contributed by atoms with Gasteiger partial charge in [0.05, 0.1) is 0 Å². The predicted molar refractivity (Wildman–Crippen MR) is 96.8 cm³/mol. The van der Waals surface area contributed by atoms with E-state index in [1.165, 1.54) is 42.0 Å². The van der Waals surface area contributed by atoms with Crippen LogP contribution in [0.1, 0.15) is 17.5 Å². The summed E-state index contributed by atoms with van der Waals surface area (Å²) in [5, 5.41) is 11.4. The fourth-order valence-electron chi connectivity index (χ4n) is 3.05. The van der Waals surface area contributed by atoms with Gasteiger partial charge in [-0.15, -0.1) is 0 Å². The summed E-state index contributed by atoms with van der Waals surface area (Å²) in [6.07, 6.45) is 4.41. The third-order valence-electron chi connectivity index (χ3n) is 4.46. The average Bonchev–Trinajstić information content (AvgIpc) is 3.12. The molecule has 2 heterocycles. The normalized spacial score (nSPS) is 17.2. The molecule has 1 saturated heterocycles. The summed E-state index contributed by atoms with van der Waals surface area (Å²) < 4.78 is 41.8. The summed E-state index contributed by atoms with van der Waals surface area (Å²) in [6.45, 7) is 1.25.